The van der Waals surface area contributed by atoms with Crippen molar-refractivity contribution < 1.29 is 4.79 Å². The third-order valence-corrected chi connectivity index (χ3v) is 5.10. The average Bonchev–Trinajstić information content (AvgIpc) is 3.25. The Bertz CT molecular complexity index is 565. The van der Waals surface area contributed by atoms with Crippen LogP contribution in [0.15, 0.2) is 0 Å². The lowest BCUT2D eigenvalue weighted by Gasteiger charge is -2.18. The van der Waals surface area contributed by atoms with Gasteiger partial charge in [0.1, 0.15) is 5.82 Å². The van der Waals surface area contributed by atoms with Gasteiger partial charge in [-0.25, -0.2) is 9.97 Å². The van der Waals surface area contributed by atoms with Crippen molar-refractivity contribution in [2.45, 2.75) is 52.5 Å². The van der Waals surface area contributed by atoms with Crippen LogP contribution in [0, 0.1) is 25.7 Å². The number of amides is 1. The maximum atomic E-state index is 12.6. The van der Waals surface area contributed by atoms with Crippen molar-refractivity contribution in [3.8, 4) is 0 Å². The molecule has 2 heterocycles. The number of hydrogen-bond donors (Lipinski definition) is 1. The highest BCUT2D eigenvalue weighted by atomic mass is 35.5. The molecule has 1 aromatic rings. The van der Waals surface area contributed by atoms with Crippen molar-refractivity contribution in [1.29, 1.82) is 0 Å². The molecule has 1 saturated heterocycles. The Kier molecular flexibility index (Phi) is 5.63. The van der Waals surface area contributed by atoms with E-state index in [2.05, 4.69) is 9.97 Å². The molecule has 2 fully saturated rings. The minimum atomic E-state index is 0. The van der Waals surface area contributed by atoms with Gasteiger partial charge in [0.25, 0.3) is 0 Å². The van der Waals surface area contributed by atoms with Crippen LogP contribution in [0.3, 0.4) is 0 Å². The number of rotatable bonds is 4. The summed E-state index contributed by atoms with van der Waals surface area (Å²) in [5, 5.41) is 0. The summed E-state index contributed by atoms with van der Waals surface area (Å²) >= 11 is 0. The van der Waals surface area contributed by atoms with E-state index < -0.39 is 0 Å². The van der Waals surface area contributed by atoms with Gasteiger partial charge < -0.3 is 10.6 Å². The van der Waals surface area contributed by atoms with Crippen molar-refractivity contribution in [3.05, 3.63) is 22.8 Å². The van der Waals surface area contributed by atoms with E-state index in [4.69, 9.17) is 5.73 Å². The second-order valence-corrected chi connectivity index (χ2v) is 6.78. The third-order valence-electron chi connectivity index (χ3n) is 5.10. The minimum absolute atomic E-state index is 0. The normalized spacial score (nSPS) is 23.7. The first-order valence-corrected chi connectivity index (χ1v) is 8.36. The molecule has 2 aliphatic rings. The summed E-state index contributed by atoms with van der Waals surface area (Å²) < 4.78 is 0. The maximum Gasteiger partial charge on any atom is 0.227 e. The molecule has 1 aromatic heterocycles. The maximum absolute atomic E-state index is 12.6. The molecule has 23 heavy (non-hydrogen) atoms. The van der Waals surface area contributed by atoms with E-state index in [1.165, 1.54) is 12.8 Å². The quantitative estimate of drug-likeness (QED) is 0.908. The highest BCUT2D eigenvalue weighted by molar-refractivity contribution is 5.85. The lowest BCUT2D eigenvalue weighted by molar-refractivity contribution is -0.129. The van der Waals surface area contributed by atoms with Gasteiger partial charge in [0.15, 0.2) is 0 Å². The van der Waals surface area contributed by atoms with Gasteiger partial charge in [0, 0.05) is 42.5 Å². The number of carbonyl (C=O) groups is 1. The van der Waals surface area contributed by atoms with E-state index in [0.29, 0.717) is 18.9 Å². The number of aromatic nitrogens is 2. The molecule has 1 saturated carbocycles. The van der Waals surface area contributed by atoms with Crippen molar-refractivity contribution in [2.75, 3.05) is 13.1 Å². The van der Waals surface area contributed by atoms with Crippen LogP contribution in [0.4, 0.5) is 0 Å². The van der Waals surface area contributed by atoms with Gasteiger partial charge >= 0.3 is 0 Å². The number of likely N-dealkylation sites (tertiary alicyclic amines) is 1. The molecular formula is C17H27ClN4O. The lowest BCUT2D eigenvalue weighted by Crippen LogP contribution is -2.33. The SMILES string of the molecule is CCc1nc(C)c(CC(=O)N2C[C@H](C3CC3)[C@@H](N)C2)c(C)n1.Cl. The second kappa shape index (κ2) is 7.14. The van der Waals surface area contributed by atoms with Gasteiger partial charge in [-0.2, -0.15) is 0 Å². The Hall–Kier alpha value is -1.20. The zero-order chi connectivity index (χ0) is 15.9. The molecule has 3 rings (SSSR count). The predicted molar refractivity (Wildman–Crippen MR) is 92.6 cm³/mol. The molecule has 6 heteroatoms. The fourth-order valence-electron chi connectivity index (χ4n) is 3.57. The van der Waals surface area contributed by atoms with E-state index in [9.17, 15) is 4.79 Å². The minimum Gasteiger partial charge on any atom is -0.340 e. The Balaban J connectivity index is 0.00000192. The van der Waals surface area contributed by atoms with Crippen LogP contribution in [-0.4, -0.2) is 39.9 Å². The highest BCUT2D eigenvalue weighted by Crippen LogP contribution is 2.40. The fourth-order valence-corrected chi connectivity index (χ4v) is 3.57. The number of carbonyl (C=O) groups excluding carboxylic acids is 1. The molecule has 1 amide bonds. The highest BCUT2D eigenvalue weighted by Gasteiger charge is 2.42. The van der Waals surface area contributed by atoms with Gasteiger partial charge in [0.2, 0.25) is 5.91 Å². The molecule has 1 aliphatic heterocycles. The fraction of sp³-hybridized carbons (Fsp3) is 0.706. The summed E-state index contributed by atoms with van der Waals surface area (Å²) in [7, 11) is 0. The second-order valence-electron chi connectivity index (χ2n) is 6.78. The Morgan fingerprint density at radius 3 is 2.35 bits per heavy atom. The molecule has 2 atom stereocenters. The van der Waals surface area contributed by atoms with Gasteiger partial charge in [0.05, 0.1) is 6.42 Å². The zero-order valence-electron chi connectivity index (χ0n) is 14.2. The predicted octanol–water partition coefficient (Wildman–Crippen LogP) is 1.82. The molecule has 0 unspecified atom stereocenters. The van der Waals surface area contributed by atoms with Gasteiger partial charge in [-0.15, -0.1) is 12.4 Å². The molecule has 5 nitrogen and oxygen atoms in total. The Morgan fingerprint density at radius 2 is 1.83 bits per heavy atom. The van der Waals surface area contributed by atoms with Crippen molar-refractivity contribution in [2.24, 2.45) is 17.6 Å². The zero-order valence-corrected chi connectivity index (χ0v) is 15.0. The number of halogens is 1. The number of hydrogen-bond acceptors (Lipinski definition) is 4. The first-order chi connectivity index (χ1) is 10.5. The standard InChI is InChI=1S/C17H26N4O.ClH/c1-4-16-19-10(2)13(11(3)20-16)7-17(22)21-8-14(12-5-6-12)15(18)9-21;/h12,14-15H,4-9,18H2,1-3H3;1H/t14-,15+;/m1./s1. The van der Waals surface area contributed by atoms with E-state index in [0.717, 1.165) is 41.7 Å². The van der Waals surface area contributed by atoms with Crippen molar-refractivity contribution in [1.82, 2.24) is 14.9 Å². The van der Waals surface area contributed by atoms with E-state index in [1.807, 2.05) is 25.7 Å². The molecule has 0 radical (unpaired) electrons. The van der Waals surface area contributed by atoms with Gasteiger partial charge in [-0.1, -0.05) is 6.92 Å². The molecule has 0 bridgehead atoms. The van der Waals surface area contributed by atoms with E-state index in [-0.39, 0.29) is 24.4 Å². The third kappa shape index (κ3) is 3.83. The molecule has 0 spiro atoms. The molecule has 1 aliphatic carbocycles. The van der Waals surface area contributed by atoms with Crippen molar-refractivity contribution in [3.63, 3.8) is 0 Å². The van der Waals surface area contributed by atoms with Crippen LogP contribution >= 0.6 is 12.4 Å². The summed E-state index contributed by atoms with van der Waals surface area (Å²) in [5.41, 5.74) is 9.06. The van der Waals surface area contributed by atoms with Crippen LogP contribution in [0.2, 0.25) is 0 Å². The van der Waals surface area contributed by atoms with Gasteiger partial charge in [-0.3, -0.25) is 4.79 Å². The Labute approximate surface area is 144 Å². The molecular weight excluding hydrogens is 312 g/mol. The largest absolute Gasteiger partial charge is 0.340 e. The molecule has 0 aromatic carbocycles. The van der Waals surface area contributed by atoms with Crippen LogP contribution in [0.1, 0.15) is 42.5 Å². The van der Waals surface area contributed by atoms with E-state index >= 15 is 0 Å². The Morgan fingerprint density at radius 1 is 1.22 bits per heavy atom. The topological polar surface area (TPSA) is 72.1 Å². The summed E-state index contributed by atoms with van der Waals surface area (Å²) in [6.07, 6.45) is 3.78. The van der Waals surface area contributed by atoms with Gasteiger partial charge in [-0.05, 0) is 38.5 Å². The summed E-state index contributed by atoms with van der Waals surface area (Å²) in [4.78, 5) is 23.6. The first-order valence-electron chi connectivity index (χ1n) is 8.36. The van der Waals surface area contributed by atoms with Crippen LogP contribution in [0.5, 0.6) is 0 Å². The average molecular weight is 339 g/mol. The number of nitrogens with zero attached hydrogens (tertiary/aromatic N) is 3. The monoisotopic (exact) mass is 338 g/mol. The lowest BCUT2D eigenvalue weighted by atomic mass is 9.99. The van der Waals surface area contributed by atoms with Crippen LogP contribution in [0.25, 0.3) is 0 Å². The number of nitrogens with two attached hydrogens (primary N) is 1. The summed E-state index contributed by atoms with van der Waals surface area (Å²) in [6.45, 7) is 7.52. The number of aryl methyl sites for hydroxylation is 3. The molecule has 2 N–H and O–H groups in total. The van der Waals surface area contributed by atoms with Crippen LogP contribution < -0.4 is 5.73 Å². The molecule has 128 valence electrons. The summed E-state index contributed by atoms with van der Waals surface area (Å²) in [6, 6.07) is 0.150. The van der Waals surface area contributed by atoms with Crippen molar-refractivity contribution >= 4 is 18.3 Å². The first kappa shape index (κ1) is 18.1. The van der Waals surface area contributed by atoms with Crippen LogP contribution in [-0.2, 0) is 17.6 Å². The smallest absolute Gasteiger partial charge is 0.227 e. The summed E-state index contributed by atoms with van der Waals surface area (Å²) in [5.74, 6) is 2.27. The van der Waals surface area contributed by atoms with E-state index in [1.54, 1.807) is 0 Å².